The number of ether oxygens (including phenoxy) is 2. The van der Waals surface area contributed by atoms with E-state index in [4.69, 9.17) is 15.2 Å². The van der Waals surface area contributed by atoms with Crippen LogP contribution >= 0.6 is 0 Å². The third-order valence-electron chi connectivity index (χ3n) is 10.0. The van der Waals surface area contributed by atoms with Crippen molar-refractivity contribution in [1.29, 1.82) is 0 Å². The predicted molar refractivity (Wildman–Crippen MR) is 214 cm³/mol. The number of nitrogens with two attached hydrogens (primary N) is 1. The van der Waals surface area contributed by atoms with Crippen LogP contribution in [0.2, 0.25) is 0 Å². The maximum atomic E-state index is 6.87. The molecule has 1 heterocycles. The third kappa shape index (κ3) is 24.9. The summed E-state index contributed by atoms with van der Waals surface area (Å²) in [5.74, 6) is -0.388. The molecule has 1 fully saturated rings. The van der Waals surface area contributed by atoms with Crippen molar-refractivity contribution in [2.45, 2.75) is 231 Å². The Morgan fingerprint density at radius 3 is 1.29 bits per heavy atom. The zero-order chi connectivity index (χ0) is 34.9. The number of hydrogen-bond acceptors (Lipinski definition) is 3. The van der Waals surface area contributed by atoms with E-state index in [0.29, 0.717) is 0 Å². The van der Waals surface area contributed by atoms with E-state index in [1.807, 2.05) is 0 Å². The van der Waals surface area contributed by atoms with Gasteiger partial charge in [0.05, 0.1) is 11.7 Å². The number of rotatable bonds is 34. The van der Waals surface area contributed by atoms with Crippen molar-refractivity contribution in [3.05, 3.63) is 48.6 Å². The Balaban J connectivity index is 2.28. The molecule has 280 valence electrons. The quantitative estimate of drug-likeness (QED) is 0.0548. The van der Waals surface area contributed by atoms with Gasteiger partial charge in [0.25, 0.3) is 0 Å². The fraction of sp³-hybridized carbons (Fsp3) is 0.822. The van der Waals surface area contributed by atoms with E-state index >= 15 is 0 Å². The van der Waals surface area contributed by atoms with Gasteiger partial charge in [-0.15, -0.1) is 0 Å². The van der Waals surface area contributed by atoms with Gasteiger partial charge in [0, 0.05) is 12.8 Å². The summed E-state index contributed by atoms with van der Waals surface area (Å²) in [6.07, 6.45) is 55.1. The maximum absolute atomic E-state index is 6.87. The Morgan fingerprint density at radius 2 is 0.875 bits per heavy atom. The summed E-state index contributed by atoms with van der Waals surface area (Å²) in [6, 6.07) is 0. The van der Waals surface area contributed by atoms with Crippen LogP contribution in [0.25, 0.3) is 0 Å². The zero-order valence-electron chi connectivity index (χ0n) is 32.8. The maximum Gasteiger partial charge on any atom is 0.169 e. The Bertz CT molecular complexity index is 762. The van der Waals surface area contributed by atoms with E-state index in [-0.39, 0.29) is 17.5 Å². The normalized spacial score (nSPS) is 17.7. The summed E-state index contributed by atoms with van der Waals surface area (Å²) < 4.78 is 13.7. The topological polar surface area (TPSA) is 44.5 Å². The van der Waals surface area contributed by atoms with Crippen LogP contribution in [0.3, 0.4) is 0 Å². The van der Waals surface area contributed by atoms with Crippen molar-refractivity contribution in [2.75, 3.05) is 6.54 Å². The molecule has 0 aromatic carbocycles. The first-order chi connectivity index (χ1) is 23.5. The second-order valence-electron chi connectivity index (χ2n) is 15.2. The van der Waals surface area contributed by atoms with E-state index in [0.717, 1.165) is 51.5 Å². The van der Waals surface area contributed by atoms with E-state index in [1.165, 1.54) is 141 Å². The molecule has 0 spiro atoms. The van der Waals surface area contributed by atoms with E-state index in [2.05, 4.69) is 76.3 Å². The highest BCUT2D eigenvalue weighted by atomic mass is 16.8. The van der Waals surface area contributed by atoms with E-state index < -0.39 is 0 Å². The minimum absolute atomic E-state index is 0.179. The number of allylic oxidation sites excluding steroid dienone is 8. The Hall–Kier alpha value is -1.16. The lowest BCUT2D eigenvalue weighted by atomic mass is 9.97. The lowest BCUT2D eigenvalue weighted by Crippen LogP contribution is -2.34. The highest BCUT2D eigenvalue weighted by Crippen LogP contribution is 2.44. The average Bonchev–Trinajstić information content (AvgIpc) is 3.33. The summed E-state index contributed by atoms with van der Waals surface area (Å²) in [7, 11) is 0. The molecule has 48 heavy (non-hydrogen) atoms. The van der Waals surface area contributed by atoms with E-state index in [9.17, 15) is 0 Å². The van der Waals surface area contributed by atoms with Crippen molar-refractivity contribution in [3.8, 4) is 0 Å². The lowest BCUT2D eigenvalue weighted by molar-refractivity contribution is -0.196. The molecule has 1 atom stereocenters. The zero-order valence-corrected chi connectivity index (χ0v) is 32.8. The monoisotopic (exact) mass is 670 g/mol. The molecule has 0 aromatic heterocycles. The van der Waals surface area contributed by atoms with Crippen molar-refractivity contribution < 1.29 is 9.47 Å². The molecule has 0 radical (unpaired) electrons. The van der Waals surface area contributed by atoms with Crippen molar-refractivity contribution in [1.82, 2.24) is 0 Å². The lowest BCUT2D eigenvalue weighted by Gasteiger charge is -2.30. The molecule has 3 heteroatoms. The van der Waals surface area contributed by atoms with Gasteiger partial charge in [-0.05, 0) is 117 Å². The number of unbranched alkanes of at least 4 members (excludes halogenated alkanes) is 19. The Kier molecular flexibility index (Phi) is 29.7. The molecule has 1 aliphatic heterocycles. The molecule has 0 saturated carbocycles. The molecule has 0 bridgehead atoms. The molecular formula is C45H83NO2. The standard InChI is InChI=1S/C45H83NO2/c1-5-7-9-11-13-15-17-19-21-23-25-27-29-31-33-36-40-45(47-43(39-35-38-42-46)44(3,4)48-45)41-37-34-32-30-28-26-24-22-20-18-16-14-12-10-8-6-2/h13-16,19-22,43H,5-12,17-18,23-42,46H2,1-4H3/b15-13-,16-14-,21-19-,22-20-. The summed E-state index contributed by atoms with van der Waals surface area (Å²) in [4.78, 5) is 0. The molecule has 1 saturated heterocycles. The Morgan fingerprint density at radius 1 is 0.479 bits per heavy atom. The molecular weight excluding hydrogens is 587 g/mol. The van der Waals surface area contributed by atoms with Gasteiger partial charge in [0.2, 0.25) is 0 Å². The van der Waals surface area contributed by atoms with Gasteiger partial charge < -0.3 is 15.2 Å². The Labute approximate surface area is 301 Å². The number of hydrogen-bond donors (Lipinski definition) is 1. The van der Waals surface area contributed by atoms with Crippen molar-refractivity contribution >= 4 is 0 Å². The second-order valence-corrected chi connectivity index (χ2v) is 15.2. The first-order valence-electron chi connectivity index (χ1n) is 21.2. The van der Waals surface area contributed by atoms with Crippen LogP contribution in [0.4, 0.5) is 0 Å². The fourth-order valence-electron chi connectivity index (χ4n) is 6.96. The molecule has 0 aromatic rings. The highest BCUT2D eigenvalue weighted by Gasteiger charge is 2.50. The van der Waals surface area contributed by atoms with Crippen LogP contribution in [0.5, 0.6) is 0 Å². The summed E-state index contributed by atoms with van der Waals surface area (Å²) >= 11 is 0. The SMILES string of the molecule is CCCCC/C=C\C/C=C\CCCCCCCCC1(CCCCCCCC/C=C\C/C=C\CCCCC)OC(CCCCN)C(C)(C)O1. The van der Waals surface area contributed by atoms with E-state index in [1.54, 1.807) is 0 Å². The summed E-state index contributed by atoms with van der Waals surface area (Å²) in [6.45, 7) is 9.80. The van der Waals surface area contributed by atoms with Crippen LogP contribution in [-0.4, -0.2) is 24.0 Å². The van der Waals surface area contributed by atoms with Gasteiger partial charge in [-0.1, -0.05) is 140 Å². The van der Waals surface area contributed by atoms with Gasteiger partial charge in [-0.2, -0.15) is 0 Å². The largest absolute Gasteiger partial charge is 0.344 e. The fourth-order valence-corrected chi connectivity index (χ4v) is 6.96. The smallest absolute Gasteiger partial charge is 0.169 e. The van der Waals surface area contributed by atoms with Gasteiger partial charge in [-0.25, -0.2) is 0 Å². The van der Waals surface area contributed by atoms with Crippen LogP contribution < -0.4 is 5.73 Å². The minimum Gasteiger partial charge on any atom is -0.344 e. The first kappa shape index (κ1) is 44.9. The van der Waals surface area contributed by atoms with Crippen LogP contribution in [0.15, 0.2) is 48.6 Å². The van der Waals surface area contributed by atoms with Gasteiger partial charge in [0.15, 0.2) is 5.79 Å². The second kappa shape index (κ2) is 31.8. The minimum atomic E-state index is -0.388. The summed E-state index contributed by atoms with van der Waals surface area (Å²) in [5.41, 5.74) is 5.58. The van der Waals surface area contributed by atoms with Gasteiger partial charge >= 0.3 is 0 Å². The molecule has 2 N–H and O–H groups in total. The highest BCUT2D eigenvalue weighted by molar-refractivity contribution is 4.94. The van der Waals surface area contributed by atoms with Gasteiger partial charge in [-0.3, -0.25) is 0 Å². The third-order valence-corrected chi connectivity index (χ3v) is 10.0. The van der Waals surface area contributed by atoms with Crippen molar-refractivity contribution in [3.63, 3.8) is 0 Å². The van der Waals surface area contributed by atoms with Crippen molar-refractivity contribution in [2.24, 2.45) is 5.73 Å². The molecule has 1 rings (SSSR count). The van der Waals surface area contributed by atoms with Gasteiger partial charge in [0.1, 0.15) is 0 Å². The average molecular weight is 670 g/mol. The molecule has 1 unspecified atom stereocenters. The van der Waals surface area contributed by atoms with Crippen LogP contribution in [0, 0.1) is 0 Å². The molecule has 3 nitrogen and oxygen atoms in total. The first-order valence-corrected chi connectivity index (χ1v) is 21.2. The molecule has 0 amide bonds. The summed E-state index contributed by atoms with van der Waals surface area (Å²) in [5, 5.41) is 0. The predicted octanol–water partition coefficient (Wildman–Crippen LogP) is 14.4. The molecule has 1 aliphatic rings. The van der Waals surface area contributed by atoms with Crippen LogP contribution in [0.1, 0.15) is 214 Å². The molecule has 0 aliphatic carbocycles. The van der Waals surface area contributed by atoms with Crippen LogP contribution in [-0.2, 0) is 9.47 Å².